The van der Waals surface area contributed by atoms with Gasteiger partial charge in [0.1, 0.15) is 0 Å². The minimum absolute atomic E-state index is 0.415. The zero-order valence-corrected chi connectivity index (χ0v) is 10.6. The molecule has 0 fully saturated rings. The standard InChI is InChI=1S/C10H22S2/c1-6-7-8-11-9(2)12-10(3,4)5/h9H,6-8H2,1-5H3. The maximum Gasteiger partial charge on any atom is 0.0479 e. The smallest absolute Gasteiger partial charge is 0.0479 e. The zero-order valence-electron chi connectivity index (χ0n) is 9.02. The molecule has 1 unspecified atom stereocenters. The molecule has 0 aromatic rings. The molecule has 0 aliphatic heterocycles. The molecule has 0 heterocycles. The molecule has 74 valence electrons. The summed E-state index contributed by atoms with van der Waals surface area (Å²) in [5.41, 5.74) is 0. The first-order chi connectivity index (χ1) is 5.45. The van der Waals surface area contributed by atoms with Gasteiger partial charge in [-0.3, -0.25) is 0 Å². The van der Waals surface area contributed by atoms with E-state index in [1.165, 1.54) is 18.6 Å². The second kappa shape index (κ2) is 6.20. The van der Waals surface area contributed by atoms with Gasteiger partial charge in [-0.2, -0.15) is 0 Å². The molecule has 0 N–H and O–H groups in total. The Morgan fingerprint density at radius 2 is 1.83 bits per heavy atom. The van der Waals surface area contributed by atoms with Crippen molar-refractivity contribution < 1.29 is 0 Å². The average Bonchev–Trinajstić information content (AvgIpc) is 1.84. The molecular weight excluding hydrogens is 184 g/mol. The van der Waals surface area contributed by atoms with E-state index in [0.717, 1.165) is 4.58 Å². The van der Waals surface area contributed by atoms with Crippen molar-refractivity contribution in [3.05, 3.63) is 0 Å². The molecule has 0 spiro atoms. The summed E-state index contributed by atoms with van der Waals surface area (Å²) in [5.74, 6) is 1.32. The molecule has 0 nitrogen and oxygen atoms in total. The van der Waals surface area contributed by atoms with Crippen LogP contribution in [0.2, 0.25) is 0 Å². The van der Waals surface area contributed by atoms with Gasteiger partial charge in [0.05, 0.1) is 0 Å². The lowest BCUT2D eigenvalue weighted by Gasteiger charge is -2.22. The van der Waals surface area contributed by atoms with Crippen LogP contribution in [0.1, 0.15) is 47.5 Å². The topological polar surface area (TPSA) is 0 Å². The molecule has 12 heavy (non-hydrogen) atoms. The zero-order chi connectivity index (χ0) is 9.61. The summed E-state index contributed by atoms with van der Waals surface area (Å²) < 4.78 is 1.16. The van der Waals surface area contributed by atoms with Gasteiger partial charge >= 0.3 is 0 Å². The van der Waals surface area contributed by atoms with Crippen molar-refractivity contribution in [2.75, 3.05) is 5.75 Å². The number of rotatable bonds is 5. The molecule has 0 amide bonds. The maximum absolute atomic E-state index is 2.32. The highest BCUT2D eigenvalue weighted by Gasteiger charge is 2.15. The van der Waals surface area contributed by atoms with Gasteiger partial charge < -0.3 is 0 Å². The van der Waals surface area contributed by atoms with Gasteiger partial charge in [-0.1, -0.05) is 34.1 Å². The highest BCUT2D eigenvalue weighted by Crippen LogP contribution is 2.34. The van der Waals surface area contributed by atoms with Gasteiger partial charge in [-0.15, -0.1) is 23.5 Å². The van der Waals surface area contributed by atoms with Crippen LogP contribution in [-0.4, -0.2) is 15.1 Å². The monoisotopic (exact) mass is 206 g/mol. The van der Waals surface area contributed by atoms with E-state index in [1.807, 2.05) is 0 Å². The summed E-state index contributed by atoms with van der Waals surface area (Å²) in [6.07, 6.45) is 2.68. The van der Waals surface area contributed by atoms with E-state index in [1.54, 1.807) is 0 Å². The lowest BCUT2D eigenvalue weighted by molar-refractivity contribution is 0.802. The van der Waals surface area contributed by atoms with E-state index >= 15 is 0 Å². The summed E-state index contributed by atoms with van der Waals surface area (Å²) in [5, 5.41) is 0. The third kappa shape index (κ3) is 8.79. The molecule has 0 bridgehead atoms. The van der Waals surface area contributed by atoms with Crippen LogP contribution in [-0.2, 0) is 0 Å². The van der Waals surface area contributed by atoms with Crippen molar-refractivity contribution >= 4 is 23.5 Å². The van der Waals surface area contributed by atoms with Gasteiger partial charge in [-0.25, -0.2) is 0 Å². The molecule has 0 aromatic heterocycles. The van der Waals surface area contributed by atoms with Crippen LogP contribution in [0.25, 0.3) is 0 Å². The van der Waals surface area contributed by atoms with Gasteiger partial charge in [0.2, 0.25) is 0 Å². The first kappa shape index (κ1) is 12.7. The number of unbranched alkanes of at least 4 members (excludes halogenated alkanes) is 1. The van der Waals surface area contributed by atoms with Crippen molar-refractivity contribution in [3.8, 4) is 0 Å². The minimum atomic E-state index is 0.415. The van der Waals surface area contributed by atoms with E-state index in [4.69, 9.17) is 0 Å². The third-order valence-corrected chi connectivity index (χ3v) is 4.10. The first-order valence-electron chi connectivity index (χ1n) is 4.75. The molecule has 1 atom stereocenters. The van der Waals surface area contributed by atoms with E-state index in [9.17, 15) is 0 Å². The number of hydrogen-bond donors (Lipinski definition) is 0. The molecular formula is C10H22S2. The van der Waals surface area contributed by atoms with Crippen LogP contribution in [0.3, 0.4) is 0 Å². The fourth-order valence-electron chi connectivity index (χ4n) is 0.926. The second-order valence-corrected chi connectivity index (χ2v) is 7.94. The normalized spacial score (nSPS) is 14.8. The van der Waals surface area contributed by atoms with Crippen molar-refractivity contribution in [2.24, 2.45) is 0 Å². The molecule has 0 saturated heterocycles. The molecule has 2 heteroatoms. The van der Waals surface area contributed by atoms with Crippen LogP contribution >= 0.6 is 23.5 Å². The van der Waals surface area contributed by atoms with Crippen LogP contribution < -0.4 is 0 Å². The van der Waals surface area contributed by atoms with E-state index in [-0.39, 0.29) is 0 Å². The Bertz CT molecular complexity index is 105. The minimum Gasteiger partial charge on any atom is -0.148 e. The molecule has 0 aliphatic carbocycles. The third-order valence-electron chi connectivity index (χ3n) is 1.37. The molecule has 0 radical (unpaired) electrons. The maximum atomic E-state index is 2.32. The van der Waals surface area contributed by atoms with Crippen LogP contribution in [0.4, 0.5) is 0 Å². The Hall–Kier alpha value is 0.700. The highest BCUT2D eigenvalue weighted by atomic mass is 32.2. The Morgan fingerprint density at radius 3 is 2.25 bits per heavy atom. The molecule has 0 aromatic carbocycles. The number of thioether (sulfide) groups is 2. The largest absolute Gasteiger partial charge is 0.148 e. The summed E-state index contributed by atoms with van der Waals surface area (Å²) in [7, 11) is 0. The van der Waals surface area contributed by atoms with Crippen molar-refractivity contribution in [3.63, 3.8) is 0 Å². The van der Waals surface area contributed by atoms with Crippen molar-refractivity contribution in [1.29, 1.82) is 0 Å². The molecule has 0 aliphatic rings. The highest BCUT2D eigenvalue weighted by molar-refractivity contribution is 8.17. The van der Waals surface area contributed by atoms with E-state index in [2.05, 4.69) is 58.1 Å². The summed E-state index contributed by atoms with van der Waals surface area (Å²) in [6.45, 7) is 11.4. The van der Waals surface area contributed by atoms with Crippen molar-refractivity contribution in [2.45, 2.75) is 56.8 Å². The summed E-state index contributed by atoms with van der Waals surface area (Å²) >= 11 is 4.16. The SMILES string of the molecule is CCCCSC(C)SC(C)(C)C. The van der Waals surface area contributed by atoms with Gasteiger partial charge in [0.25, 0.3) is 0 Å². The quantitative estimate of drug-likeness (QED) is 0.483. The Balaban J connectivity index is 3.40. The van der Waals surface area contributed by atoms with E-state index in [0.29, 0.717) is 4.75 Å². The molecule has 0 saturated carbocycles. The second-order valence-electron chi connectivity index (χ2n) is 4.02. The Labute approximate surface area is 86.3 Å². The lowest BCUT2D eigenvalue weighted by atomic mass is 10.3. The van der Waals surface area contributed by atoms with Crippen molar-refractivity contribution in [1.82, 2.24) is 0 Å². The Morgan fingerprint density at radius 1 is 1.25 bits per heavy atom. The first-order valence-corrected chi connectivity index (χ1v) is 6.68. The predicted molar refractivity (Wildman–Crippen MR) is 64.2 cm³/mol. The lowest BCUT2D eigenvalue weighted by Crippen LogP contribution is -2.11. The van der Waals surface area contributed by atoms with Crippen LogP contribution in [0.15, 0.2) is 0 Å². The number of hydrogen-bond acceptors (Lipinski definition) is 2. The van der Waals surface area contributed by atoms with Crippen LogP contribution in [0, 0.1) is 0 Å². The van der Waals surface area contributed by atoms with E-state index < -0.39 is 0 Å². The Kier molecular flexibility index (Phi) is 6.56. The average molecular weight is 206 g/mol. The summed E-state index contributed by atoms with van der Waals surface area (Å²) in [6, 6.07) is 0. The predicted octanol–water partition coefficient (Wildman–Crippen LogP) is 4.40. The molecule has 0 rings (SSSR count). The van der Waals surface area contributed by atoms with Crippen LogP contribution in [0.5, 0.6) is 0 Å². The summed E-state index contributed by atoms with van der Waals surface area (Å²) in [4.78, 5) is 0. The van der Waals surface area contributed by atoms with Gasteiger partial charge in [0.15, 0.2) is 0 Å². The fourth-order valence-corrected chi connectivity index (χ4v) is 4.14. The van der Waals surface area contributed by atoms with Gasteiger partial charge in [-0.05, 0) is 19.1 Å². The van der Waals surface area contributed by atoms with Gasteiger partial charge in [0, 0.05) is 9.33 Å². The fraction of sp³-hybridized carbons (Fsp3) is 1.00.